The first-order chi connectivity index (χ1) is 15.6. The van der Waals surface area contributed by atoms with E-state index in [2.05, 4.69) is 5.32 Å². The van der Waals surface area contributed by atoms with E-state index in [4.69, 9.17) is 4.74 Å². The number of amides is 1. The first-order valence-electron chi connectivity index (χ1n) is 10.6. The van der Waals surface area contributed by atoms with Crippen LogP contribution in [0.25, 0.3) is 0 Å². The molecular weight excluding hydrogens is 466 g/mol. The van der Waals surface area contributed by atoms with E-state index in [0.29, 0.717) is 13.1 Å². The number of carbonyl (C=O) groups is 1. The molecule has 2 aromatic carbocycles. The van der Waals surface area contributed by atoms with Gasteiger partial charge in [0.2, 0.25) is 26.0 Å². The number of benzene rings is 2. The van der Waals surface area contributed by atoms with Crippen molar-refractivity contribution in [3.8, 4) is 5.75 Å². The second-order valence-electron chi connectivity index (χ2n) is 7.95. The second-order valence-corrected chi connectivity index (χ2v) is 11.9. The fraction of sp³-hybridized carbons (Fsp3) is 0.409. The Balaban J connectivity index is 1.77. The summed E-state index contributed by atoms with van der Waals surface area (Å²) in [6, 6.07) is 10.7. The summed E-state index contributed by atoms with van der Waals surface area (Å²) in [7, 11) is -4.95. The summed E-state index contributed by atoms with van der Waals surface area (Å²) in [6.07, 6.45) is 2.57. The molecule has 180 valence electrons. The molecule has 0 unspecified atom stereocenters. The van der Waals surface area contributed by atoms with Crippen LogP contribution in [0.3, 0.4) is 0 Å². The average molecular weight is 496 g/mol. The number of likely N-dealkylation sites (N-methyl/N-ethyl adjacent to an activating group) is 1. The minimum Gasteiger partial charge on any atom is -0.495 e. The maximum Gasteiger partial charge on any atom is 0.246 e. The Hall–Kier alpha value is -2.47. The van der Waals surface area contributed by atoms with Crippen molar-refractivity contribution in [2.45, 2.75) is 36.0 Å². The van der Waals surface area contributed by atoms with Crippen molar-refractivity contribution >= 4 is 31.6 Å². The summed E-state index contributed by atoms with van der Waals surface area (Å²) in [4.78, 5) is 12.6. The summed E-state index contributed by atoms with van der Waals surface area (Å²) >= 11 is 0. The van der Waals surface area contributed by atoms with Crippen LogP contribution in [-0.2, 0) is 24.8 Å². The molecule has 1 aliphatic heterocycles. The van der Waals surface area contributed by atoms with Gasteiger partial charge in [-0.25, -0.2) is 16.8 Å². The number of hydrogen-bond donors (Lipinski definition) is 1. The van der Waals surface area contributed by atoms with Gasteiger partial charge in [-0.1, -0.05) is 24.1 Å². The second kappa shape index (κ2) is 10.2. The largest absolute Gasteiger partial charge is 0.495 e. The number of sulfonamides is 2. The standard InChI is InChI=1S/C22H29N3O6S2/c1-17-7-10-19(11-8-17)32(27,28)24(2)16-22(26)23-18-9-12-20(31-3)21(15-18)33(29,30)25-13-5-4-6-14-25/h7-12,15H,4-6,13-14,16H2,1-3H3,(H,23,26). The van der Waals surface area contributed by atoms with E-state index in [1.165, 1.54) is 48.8 Å². The third kappa shape index (κ3) is 5.72. The van der Waals surface area contributed by atoms with Crippen LogP contribution in [0.4, 0.5) is 5.69 Å². The maximum absolute atomic E-state index is 13.1. The van der Waals surface area contributed by atoms with E-state index < -0.39 is 32.5 Å². The number of rotatable bonds is 8. The van der Waals surface area contributed by atoms with Gasteiger partial charge in [0.05, 0.1) is 18.6 Å². The molecule has 0 saturated carbocycles. The Bertz CT molecular complexity index is 1210. The molecule has 3 rings (SSSR count). The van der Waals surface area contributed by atoms with Gasteiger partial charge in [0, 0.05) is 25.8 Å². The minimum atomic E-state index is -3.85. The molecule has 11 heteroatoms. The fourth-order valence-electron chi connectivity index (χ4n) is 3.58. The SMILES string of the molecule is COc1ccc(NC(=O)CN(C)S(=O)(=O)c2ccc(C)cc2)cc1S(=O)(=O)N1CCCCC1. The molecule has 1 fully saturated rings. The monoisotopic (exact) mass is 495 g/mol. The molecule has 0 spiro atoms. The predicted octanol–water partition coefficient (Wildman–Crippen LogP) is 2.44. The van der Waals surface area contributed by atoms with E-state index in [-0.39, 0.29) is 21.2 Å². The van der Waals surface area contributed by atoms with Crippen LogP contribution in [0.2, 0.25) is 0 Å². The van der Waals surface area contributed by atoms with Gasteiger partial charge in [-0.2, -0.15) is 8.61 Å². The lowest BCUT2D eigenvalue weighted by Gasteiger charge is -2.26. The van der Waals surface area contributed by atoms with Gasteiger partial charge >= 0.3 is 0 Å². The smallest absolute Gasteiger partial charge is 0.246 e. The van der Waals surface area contributed by atoms with Gasteiger partial charge < -0.3 is 10.1 Å². The van der Waals surface area contributed by atoms with Crippen LogP contribution < -0.4 is 10.1 Å². The molecule has 2 aromatic rings. The first kappa shape index (κ1) is 25.2. The van der Waals surface area contributed by atoms with Gasteiger partial charge in [0.15, 0.2) is 0 Å². The molecule has 1 saturated heterocycles. The molecule has 0 bridgehead atoms. The Labute approximate surface area is 195 Å². The molecule has 1 heterocycles. The Morgan fingerprint density at radius 3 is 2.27 bits per heavy atom. The zero-order valence-electron chi connectivity index (χ0n) is 18.9. The minimum absolute atomic E-state index is 0.0367. The van der Waals surface area contributed by atoms with E-state index >= 15 is 0 Å². The van der Waals surface area contributed by atoms with Crippen molar-refractivity contribution in [1.82, 2.24) is 8.61 Å². The number of nitrogens with zero attached hydrogens (tertiary/aromatic N) is 2. The average Bonchev–Trinajstić information content (AvgIpc) is 2.79. The zero-order valence-corrected chi connectivity index (χ0v) is 20.6. The Kier molecular flexibility index (Phi) is 7.78. The van der Waals surface area contributed by atoms with Gasteiger partial charge in [0.25, 0.3) is 0 Å². The molecule has 0 aromatic heterocycles. The van der Waals surface area contributed by atoms with Crippen LogP contribution in [0.5, 0.6) is 5.75 Å². The predicted molar refractivity (Wildman–Crippen MR) is 125 cm³/mol. The maximum atomic E-state index is 13.1. The molecule has 9 nitrogen and oxygen atoms in total. The summed E-state index contributed by atoms with van der Waals surface area (Å²) in [5.41, 5.74) is 1.15. The van der Waals surface area contributed by atoms with Gasteiger partial charge in [-0.15, -0.1) is 0 Å². The van der Waals surface area contributed by atoms with E-state index in [1.807, 2.05) is 6.92 Å². The molecule has 1 N–H and O–H groups in total. The zero-order chi connectivity index (χ0) is 24.2. The quantitative estimate of drug-likeness (QED) is 0.602. The highest BCUT2D eigenvalue weighted by molar-refractivity contribution is 7.89. The van der Waals surface area contributed by atoms with Crippen molar-refractivity contribution in [3.05, 3.63) is 48.0 Å². The number of ether oxygens (including phenoxy) is 1. The third-order valence-corrected chi connectivity index (χ3v) is 9.21. The molecule has 0 aliphatic carbocycles. The van der Waals surface area contributed by atoms with Crippen molar-refractivity contribution in [3.63, 3.8) is 0 Å². The van der Waals surface area contributed by atoms with Crippen molar-refractivity contribution in [2.75, 3.05) is 39.1 Å². The van der Waals surface area contributed by atoms with Crippen LogP contribution in [0.1, 0.15) is 24.8 Å². The lowest BCUT2D eigenvalue weighted by Crippen LogP contribution is -2.36. The summed E-state index contributed by atoms with van der Waals surface area (Å²) in [5, 5.41) is 2.59. The number of aryl methyl sites for hydroxylation is 1. The van der Waals surface area contributed by atoms with Crippen LogP contribution in [0.15, 0.2) is 52.3 Å². The molecule has 1 aliphatic rings. The molecule has 1 amide bonds. The number of hydrogen-bond acceptors (Lipinski definition) is 6. The number of piperidine rings is 1. The topological polar surface area (TPSA) is 113 Å². The van der Waals surface area contributed by atoms with E-state index in [9.17, 15) is 21.6 Å². The van der Waals surface area contributed by atoms with Gasteiger partial charge in [0.1, 0.15) is 10.6 Å². The Morgan fingerprint density at radius 2 is 1.67 bits per heavy atom. The van der Waals surface area contributed by atoms with Crippen molar-refractivity contribution in [1.29, 1.82) is 0 Å². The Morgan fingerprint density at radius 1 is 1.03 bits per heavy atom. The number of nitrogens with one attached hydrogen (secondary N) is 1. The summed E-state index contributed by atoms with van der Waals surface area (Å²) in [5.74, 6) is -0.419. The molecule has 33 heavy (non-hydrogen) atoms. The third-order valence-electron chi connectivity index (χ3n) is 5.48. The van der Waals surface area contributed by atoms with Gasteiger partial charge in [-0.05, 0) is 50.1 Å². The van der Waals surface area contributed by atoms with Crippen LogP contribution in [-0.4, -0.2) is 65.1 Å². The van der Waals surface area contributed by atoms with Crippen LogP contribution >= 0.6 is 0 Å². The van der Waals surface area contributed by atoms with Crippen molar-refractivity contribution < 1.29 is 26.4 Å². The fourth-order valence-corrected chi connectivity index (χ4v) is 6.40. The highest BCUT2D eigenvalue weighted by Gasteiger charge is 2.29. The number of methoxy groups -OCH3 is 1. The van der Waals surface area contributed by atoms with Gasteiger partial charge in [-0.3, -0.25) is 4.79 Å². The highest BCUT2D eigenvalue weighted by Crippen LogP contribution is 2.31. The summed E-state index contributed by atoms with van der Waals surface area (Å²) < 4.78 is 59.3. The number of carbonyl (C=O) groups excluding carboxylic acids is 1. The number of anilines is 1. The molecule has 0 atom stereocenters. The molecule has 0 radical (unpaired) electrons. The molecular formula is C22H29N3O6S2. The highest BCUT2D eigenvalue weighted by atomic mass is 32.2. The first-order valence-corrected chi connectivity index (χ1v) is 13.4. The van der Waals surface area contributed by atoms with E-state index in [0.717, 1.165) is 29.1 Å². The normalized spacial score (nSPS) is 15.4. The summed E-state index contributed by atoms with van der Waals surface area (Å²) in [6.45, 7) is 2.28. The lowest BCUT2D eigenvalue weighted by atomic mass is 10.2. The van der Waals surface area contributed by atoms with Crippen molar-refractivity contribution in [2.24, 2.45) is 0 Å². The van der Waals surface area contributed by atoms with Crippen LogP contribution in [0, 0.1) is 6.92 Å². The van der Waals surface area contributed by atoms with E-state index in [1.54, 1.807) is 12.1 Å². The lowest BCUT2D eigenvalue weighted by molar-refractivity contribution is -0.116.